The number of nitrogens with two attached hydrogens (primary N) is 1. The monoisotopic (exact) mass is 406 g/mol. The third-order valence-corrected chi connectivity index (χ3v) is 3.24. The van der Waals surface area contributed by atoms with Gasteiger partial charge in [0.2, 0.25) is 5.88 Å². The molecular formula is C14H23IN4O2. The summed E-state index contributed by atoms with van der Waals surface area (Å²) in [6.45, 7) is 1.48. The van der Waals surface area contributed by atoms with Crippen LogP contribution >= 0.6 is 24.0 Å². The van der Waals surface area contributed by atoms with Gasteiger partial charge in [-0.2, -0.15) is 0 Å². The summed E-state index contributed by atoms with van der Waals surface area (Å²) in [5, 5.41) is 0. The van der Waals surface area contributed by atoms with E-state index in [2.05, 4.69) is 9.98 Å². The second-order valence-corrected chi connectivity index (χ2v) is 4.83. The second-order valence-electron chi connectivity index (χ2n) is 4.83. The number of aromatic nitrogens is 1. The van der Waals surface area contributed by atoms with Crippen molar-refractivity contribution >= 4 is 29.9 Å². The molecule has 21 heavy (non-hydrogen) atoms. The van der Waals surface area contributed by atoms with Crippen molar-refractivity contribution in [3.8, 4) is 5.88 Å². The van der Waals surface area contributed by atoms with Crippen molar-refractivity contribution in [3.63, 3.8) is 0 Å². The minimum Gasteiger partial charge on any atom is -0.475 e. The van der Waals surface area contributed by atoms with Gasteiger partial charge in [-0.15, -0.1) is 24.0 Å². The van der Waals surface area contributed by atoms with Crippen LogP contribution in [-0.2, 0) is 11.3 Å². The van der Waals surface area contributed by atoms with E-state index in [-0.39, 0.29) is 24.0 Å². The topological polar surface area (TPSA) is 73.0 Å². The molecule has 1 aromatic rings. The van der Waals surface area contributed by atoms with Gasteiger partial charge in [0.25, 0.3) is 0 Å². The molecule has 0 atom stereocenters. The van der Waals surface area contributed by atoms with Gasteiger partial charge in [0.1, 0.15) is 6.61 Å². The lowest BCUT2D eigenvalue weighted by Crippen LogP contribution is -2.35. The molecule has 1 aromatic heterocycles. The summed E-state index contributed by atoms with van der Waals surface area (Å²) < 4.78 is 10.5. The van der Waals surface area contributed by atoms with E-state index in [4.69, 9.17) is 15.2 Å². The molecule has 0 amide bonds. The zero-order valence-electron chi connectivity index (χ0n) is 12.5. The Kier molecular flexibility index (Phi) is 7.73. The second kappa shape index (κ2) is 9.04. The molecular weight excluding hydrogens is 383 g/mol. The average Bonchev–Trinajstić information content (AvgIpc) is 3.30. The predicted octanol–water partition coefficient (Wildman–Crippen LogP) is 1.63. The molecule has 0 saturated heterocycles. The highest BCUT2D eigenvalue weighted by atomic mass is 127. The maximum atomic E-state index is 5.97. The highest BCUT2D eigenvalue weighted by Gasteiger charge is 2.27. The van der Waals surface area contributed by atoms with Crippen LogP contribution in [0.25, 0.3) is 0 Å². The Balaban J connectivity index is 0.00000220. The predicted molar refractivity (Wildman–Crippen MR) is 93.1 cm³/mol. The number of hydrogen-bond donors (Lipinski definition) is 1. The first-order valence-electron chi connectivity index (χ1n) is 6.80. The van der Waals surface area contributed by atoms with Crippen LogP contribution in [0.4, 0.5) is 0 Å². The molecule has 2 N–H and O–H groups in total. The Hall–Kier alpha value is -1.09. The quantitative estimate of drug-likeness (QED) is 0.323. The van der Waals surface area contributed by atoms with E-state index in [9.17, 15) is 0 Å². The Bertz CT molecular complexity index is 466. The van der Waals surface area contributed by atoms with Crippen molar-refractivity contribution in [1.82, 2.24) is 9.88 Å². The molecule has 7 heteroatoms. The van der Waals surface area contributed by atoms with Crippen LogP contribution < -0.4 is 10.5 Å². The van der Waals surface area contributed by atoms with Gasteiger partial charge in [0.05, 0.1) is 13.2 Å². The van der Waals surface area contributed by atoms with Gasteiger partial charge in [-0.3, -0.25) is 0 Å². The number of methoxy groups -OCH3 is 1. The molecule has 0 bridgehead atoms. The van der Waals surface area contributed by atoms with Gasteiger partial charge in [0, 0.05) is 32.0 Å². The average molecular weight is 406 g/mol. The van der Waals surface area contributed by atoms with E-state index in [1.807, 2.05) is 24.1 Å². The number of hydrogen-bond acceptors (Lipinski definition) is 4. The summed E-state index contributed by atoms with van der Waals surface area (Å²) in [6, 6.07) is 4.38. The molecule has 2 rings (SSSR count). The Labute approximate surface area is 142 Å². The zero-order valence-corrected chi connectivity index (χ0v) is 14.8. The maximum absolute atomic E-state index is 5.97. The normalized spacial score (nSPS) is 14.5. The molecule has 1 heterocycles. The van der Waals surface area contributed by atoms with Crippen molar-refractivity contribution in [2.24, 2.45) is 10.7 Å². The SMILES string of the molecule is COCCOc1ncccc1CN=C(N)N(C)C1CC1.I. The van der Waals surface area contributed by atoms with E-state index in [0.717, 1.165) is 5.56 Å². The minimum absolute atomic E-state index is 0. The third kappa shape index (κ3) is 5.66. The van der Waals surface area contributed by atoms with Crippen LogP contribution in [-0.4, -0.2) is 49.3 Å². The molecule has 0 aliphatic heterocycles. The van der Waals surface area contributed by atoms with Gasteiger partial charge in [-0.1, -0.05) is 6.07 Å². The molecule has 1 fully saturated rings. The molecule has 6 nitrogen and oxygen atoms in total. The molecule has 0 radical (unpaired) electrons. The smallest absolute Gasteiger partial charge is 0.218 e. The van der Waals surface area contributed by atoms with Gasteiger partial charge in [-0.05, 0) is 18.9 Å². The molecule has 1 aliphatic carbocycles. The standard InChI is InChI=1S/C14H22N4O2.HI/c1-18(12-5-6-12)14(15)17-10-11-4-3-7-16-13(11)20-9-8-19-2;/h3-4,7,12H,5-6,8-10H2,1-2H3,(H2,15,17);1H. The molecule has 118 valence electrons. The number of rotatable bonds is 7. The van der Waals surface area contributed by atoms with Crippen molar-refractivity contribution in [1.29, 1.82) is 0 Å². The highest BCUT2D eigenvalue weighted by molar-refractivity contribution is 14.0. The van der Waals surface area contributed by atoms with Crippen LogP contribution in [0, 0.1) is 0 Å². The lowest BCUT2D eigenvalue weighted by molar-refractivity contribution is 0.143. The Morgan fingerprint density at radius 3 is 2.90 bits per heavy atom. The Morgan fingerprint density at radius 2 is 2.24 bits per heavy atom. The van der Waals surface area contributed by atoms with Gasteiger partial charge >= 0.3 is 0 Å². The van der Waals surface area contributed by atoms with E-state index >= 15 is 0 Å². The van der Waals surface area contributed by atoms with Crippen LogP contribution in [0.1, 0.15) is 18.4 Å². The van der Waals surface area contributed by atoms with Crippen LogP contribution in [0.15, 0.2) is 23.3 Å². The summed E-state index contributed by atoms with van der Waals surface area (Å²) in [7, 11) is 3.62. The number of guanidine groups is 1. The summed E-state index contributed by atoms with van der Waals surface area (Å²) in [5.74, 6) is 1.16. The molecule has 0 spiro atoms. The summed E-state index contributed by atoms with van der Waals surface area (Å²) >= 11 is 0. The molecule has 0 unspecified atom stereocenters. The number of pyridine rings is 1. The van der Waals surface area contributed by atoms with Crippen LogP contribution in [0.5, 0.6) is 5.88 Å². The summed E-state index contributed by atoms with van der Waals surface area (Å²) in [6.07, 6.45) is 4.10. The highest BCUT2D eigenvalue weighted by Crippen LogP contribution is 2.25. The van der Waals surface area contributed by atoms with E-state index in [1.165, 1.54) is 12.8 Å². The van der Waals surface area contributed by atoms with Crippen LogP contribution in [0.3, 0.4) is 0 Å². The molecule has 1 aliphatic rings. The number of ether oxygens (including phenoxy) is 2. The third-order valence-electron chi connectivity index (χ3n) is 3.24. The molecule has 1 saturated carbocycles. The lowest BCUT2D eigenvalue weighted by Gasteiger charge is -2.17. The molecule has 0 aromatic carbocycles. The van der Waals surface area contributed by atoms with Crippen molar-refractivity contribution < 1.29 is 9.47 Å². The van der Waals surface area contributed by atoms with Crippen molar-refractivity contribution in [3.05, 3.63) is 23.9 Å². The fraction of sp³-hybridized carbons (Fsp3) is 0.571. The van der Waals surface area contributed by atoms with Crippen LogP contribution in [0.2, 0.25) is 0 Å². The van der Waals surface area contributed by atoms with Gasteiger partial charge < -0.3 is 20.1 Å². The van der Waals surface area contributed by atoms with E-state index < -0.39 is 0 Å². The summed E-state index contributed by atoms with van der Waals surface area (Å²) in [4.78, 5) is 10.7. The number of nitrogens with zero attached hydrogens (tertiary/aromatic N) is 3. The fourth-order valence-corrected chi connectivity index (χ4v) is 1.82. The van der Waals surface area contributed by atoms with E-state index in [1.54, 1.807) is 13.3 Å². The van der Waals surface area contributed by atoms with Crippen molar-refractivity contribution in [2.45, 2.75) is 25.4 Å². The largest absolute Gasteiger partial charge is 0.475 e. The lowest BCUT2D eigenvalue weighted by atomic mass is 10.3. The first-order valence-corrected chi connectivity index (χ1v) is 6.80. The van der Waals surface area contributed by atoms with E-state index in [0.29, 0.717) is 37.6 Å². The maximum Gasteiger partial charge on any atom is 0.218 e. The van der Waals surface area contributed by atoms with Crippen molar-refractivity contribution in [2.75, 3.05) is 27.4 Å². The first kappa shape index (κ1) is 18.0. The van der Waals surface area contributed by atoms with Gasteiger partial charge in [0.15, 0.2) is 5.96 Å². The number of halogens is 1. The summed E-state index contributed by atoms with van der Waals surface area (Å²) in [5.41, 5.74) is 6.90. The first-order chi connectivity index (χ1) is 9.72. The minimum atomic E-state index is 0. The fourth-order valence-electron chi connectivity index (χ4n) is 1.82. The van der Waals surface area contributed by atoms with Gasteiger partial charge in [-0.25, -0.2) is 9.98 Å². The Morgan fingerprint density at radius 1 is 1.48 bits per heavy atom. The number of aliphatic imine (C=N–C) groups is 1. The zero-order chi connectivity index (χ0) is 14.4.